The Morgan fingerprint density at radius 2 is 1.50 bits per heavy atom. The quantitative estimate of drug-likeness (QED) is 0.645. The van der Waals surface area contributed by atoms with Crippen LogP contribution in [-0.4, -0.2) is 36.1 Å². The van der Waals surface area contributed by atoms with Gasteiger partial charge in [-0.2, -0.15) is 0 Å². The number of carbonyl (C=O) groups is 3. The number of aldehydes is 1. The molecule has 0 bridgehead atoms. The van der Waals surface area contributed by atoms with Gasteiger partial charge in [-0.05, 0) is 35.4 Å². The molecule has 1 fully saturated rings. The molecular formula is C25H22N2O3. The van der Waals surface area contributed by atoms with Crippen molar-refractivity contribution in [3.8, 4) is 0 Å². The van der Waals surface area contributed by atoms with E-state index >= 15 is 0 Å². The number of amides is 2. The van der Waals surface area contributed by atoms with Crippen LogP contribution in [0.25, 0.3) is 0 Å². The van der Waals surface area contributed by atoms with Gasteiger partial charge in [0.25, 0.3) is 11.8 Å². The highest BCUT2D eigenvalue weighted by atomic mass is 16.2. The number of hydrogen-bond donors (Lipinski definition) is 1. The molecule has 0 saturated carbocycles. The monoisotopic (exact) mass is 398 g/mol. The molecule has 0 atom stereocenters. The Labute approximate surface area is 175 Å². The Bertz CT molecular complexity index is 1040. The second-order valence-corrected chi connectivity index (χ2v) is 7.44. The van der Waals surface area contributed by atoms with Crippen LogP contribution in [0.1, 0.15) is 48.1 Å². The molecule has 0 aromatic heterocycles. The molecule has 5 heteroatoms. The normalized spacial score (nSPS) is 13.4. The maximum absolute atomic E-state index is 12.6. The summed E-state index contributed by atoms with van der Waals surface area (Å²) in [5.74, 6) is 0.235. The third-order valence-electron chi connectivity index (χ3n) is 5.40. The second kappa shape index (κ2) is 8.74. The van der Waals surface area contributed by atoms with Crippen molar-refractivity contribution in [2.45, 2.75) is 12.5 Å². The van der Waals surface area contributed by atoms with Crippen LogP contribution in [0, 0.1) is 0 Å². The average molecular weight is 398 g/mol. The lowest BCUT2D eigenvalue weighted by atomic mass is 9.91. The fourth-order valence-corrected chi connectivity index (χ4v) is 3.53. The first-order chi connectivity index (χ1) is 14.6. The van der Waals surface area contributed by atoms with Gasteiger partial charge in [0.1, 0.15) is 6.29 Å². The van der Waals surface area contributed by atoms with Gasteiger partial charge in [0.15, 0.2) is 0 Å². The lowest BCUT2D eigenvalue weighted by Gasteiger charge is -2.39. The number of rotatable bonds is 6. The predicted octanol–water partition coefficient (Wildman–Crippen LogP) is 3.67. The zero-order valence-corrected chi connectivity index (χ0v) is 16.5. The molecule has 1 aliphatic rings. The minimum absolute atomic E-state index is 0.0352. The van der Waals surface area contributed by atoms with E-state index in [-0.39, 0.29) is 11.8 Å². The van der Waals surface area contributed by atoms with Crippen molar-refractivity contribution in [3.05, 3.63) is 107 Å². The summed E-state index contributed by atoms with van der Waals surface area (Å²) in [5, 5.41) is 2.85. The number of carbonyl (C=O) groups excluding carboxylic acids is 3. The second-order valence-electron chi connectivity index (χ2n) is 7.44. The van der Waals surface area contributed by atoms with Gasteiger partial charge < -0.3 is 10.2 Å². The predicted molar refractivity (Wildman–Crippen MR) is 115 cm³/mol. The fraction of sp³-hybridized carbons (Fsp3) is 0.160. The van der Waals surface area contributed by atoms with Crippen molar-refractivity contribution in [3.63, 3.8) is 0 Å². The summed E-state index contributed by atoms with van der Waals surface area (Å²) >= 11 is 0. The van der Waals surface area contributed by atoms with E-state index in [1.54, 1.807) is 36.4 Å². The summed E-state index contributed by atoms with van der Waals surface area (Å²) in [6.45, 7) is 1.84. The Morgan fingerprint density at radius 3 is 2.13 bits per heavy atom. The largest absolute Gasteiger partial charge is 0.348 e. The molecule has 1 aliphatic heterocycles. The van der Waals surface area contributed by atoms with Crippen molar-refractivity contribution in [2.24, 2.45) is 0 Å². The van der Waals surface area contributed by atoms with Gasteiger partial charge in [-0.25, -0.2) is 0 Å². The van der Waals surface area contributed by atoms with E-state index in [2.05, 4.69) is 17.4 Å². The molecule has 150 valence electrons. The highest BCUT2D eigenvalue weighted by molar-refractivity contribution is 5.95. The van der Waals surface area contributed by atoms with Crippen molar-refractivity contribution >= 4 is 18.1 Å². The summed E-state index contributed by atoms with van der Waals surface area (Å²) in [5.41, 5.74) is 3.87. The highest BCUT2D eigenvalue weighted by Gasteiger charge is 2.31. The molecule has 0 aliphatic carbocycles. The number of benzene rings is 3. The number of likely N-dealkylation sites (tertiary alicyclic amines) is 1. The van der Waals surface area contributed by atoms with Crippen molar-refractivity contribution in [2.75, 3.05) is 13.1 Å². The Morgan fingerprint density at radius 1 is 0.867 bits per heavy atom. The maximum Gasteiger partial charge on any atom is 0.253 e. The first-order valence-electron chi connectivity index (χ1n) is 9.90. The minimum atomic E-state index is -0.208. The summed E-state index contributed by atoms with van der Waals surface area (Å²) in [4.78, 5) is 37.4. The van der Waals surface area contributed by atoms with E-state index in [9.17, 15) is 14.4 Å². The molecule has 1 N–H and O–H groups in total. The highest BCUT2D eigenvalue weighted by Crippen LogP contribution is 2.28. The van der Waals surface area contributed by atoms with Gasteiger partial charge in [0.05, 0.1) is 0 Å². The molecule has 3 aromatic carbocycles. The van der Waals surface area contributed by atoms with Crippen molar-refractivity contribution in [1.82, 2.24) is 10.2 Å². The molecule has 0 unspecified atom stereocenters. The smallest absolute Gasteiger partial charge is 0.253 e. The molecule has 4 rings (SSSR count). The van der Waals surface area contributed by atoms with E-state index in [4.69, 9.17) is 0 Å². The van der Waals surface area contributed by atoms with Gasteiger partial charge in [0.2, 0.25) is 0 Å². The molecule has 0 spiro atoms. The van der Waals surface area contributed by atoms with Crippen LogP contribution in [0.5, 0.6) is 0 Å². The van der Waals surface area contributed by atoms with Crippen LogP contribution in [-0.2, 0) is 6.54 Å². The SMILES string of the molecule is O=Cc1ccc(C(=O)NCc2ccc(C(=O)N3CC(c4ccccc4)C3)cc2)cc1. The Balaban J connectivity index is 1.29. The van der Waals surface area contributed by atoms with Gasteiger partial charge in [-0.15, -0.1) is 0 Å². The van der Waals surface area contributed by atoms with Crippen LogP contribution in [0.4, 0.5) is 0 Å². The average Bonchev–Trinajstić information content (AvgIpc) is 2.77. The Kier molecular flexibility index (Phi) is 5.70. The van der Waals surface area contributed by atoms with Crippen LogP contribution < -0.4 is 5.32 Å². The van der Waals surface area contributed by atoms with Gasteiger partial charge in [-0.3, -0.25) is 14.4 Å². The van der Waals surface area contributed by atoms with E-state index in [0.717, 1.165) is 24.9 Å². The molecule has 0 radical (unpaired) electrons. The third kappa shape index (κ3) is 4.30. The first kappa shape index (κ1) is 19.6. The van der Waals surface area contributed by atoms with E-state index < -0.39 is 0 Å². The van der Waals surface area contributed by atoms with E-state index in [0.29, 0.717) is 29.2 Å². The zero-order chi connectivity index (χ0) is 20.9. The van der Waals surface area contributed by atoms with Gasteiger partial charge >= 0.3 is 0 Å². The number of nitrogens with one attached hydrogen (secondary N) is 1. The van der Waals surface area contributed by atoms with Crippen LogP contribution in [0.2, 0.25) is 0 Å². The molecule has 30 heavy (non-hydrogen) atoms. The fourth-order valence-electron chi connectivity index (χ4n) is 3.53. The maximum atomic E-state index is 12.6. The van der Waals surface area contributed by atoms with Crippen LogP contribution in [0.15, 0.2) is 78.9 Å². The summed E-state index contributed by atoms with van der Waals surface area (Å²) in [7, 11) is 0. The third-order valence-corrected chi connectivity index (χ3v) is 5.40. The van der Waals surface area contributed by atoms with E-state index in [1.807, 2.05) is 35.2 Å². The topological polar surface area (TPSA) is 66.5 Å². The molecule has 1 saturated heterocycles. The molecule has 2 amide bonds. The minimum Gasteiger partial charge on any atom is -0.348 e. The molecule has 3 aromatic rings. The molecular weight excluding hydrogens is 376 g/mol. The lowest BCUT2D eigenvalue weighted by Crippen LogP contribution is -2.48. The van der Waals surface area contributed by atoms with Crippen molar-refractivity contribution < 1.29 is 14.4 Å². The van der Waals surface area contributed by atoms with Crippen LogP contribution in [0.3, 0.4) is 0 Å². The first-order valence-corrected chi connectivity index (χ1v) is 9.90. The number of nitrogens with zero attached hydrogens (tertiary/aromatic N) is 1. The summed E-state index contributed by atoms with van der Waals surface area (Å²) in [6.07, 6.45) is 0.743. The van der Waals surface area contributed by atoms with E-state index in [1.165, 1.54) is 5.56 Å². The molecule has 1 heterocycles. The van der Waals surface area contributed by atoms with Gasteiger partial charge in [-0.1, -0.05) is 54.6 Å². The van der Waals surface area contributed by atoms with Crippen molar-refractivity contribution in [1.29, 1.82) is 0 Å². The lowest BCUT2D eigenvalue weighted by molar-refractivity contribution is 0.0602. The molecule has 5 nitrogen and oxygen atoms in total. The van der Waals surface area contributed by atoms with Gasteiger partial charge in [0, 0.05) is 42.2 Å². The summed E-state index contributed by atoms with van der Waals surface area (Å²) < 4.78 is 0. The van der Waals surface area contributed by atoms with Crippen LogP contribution >= 0.6 is 0 Å². The summed E-state index contributed by atoms with van der Waals surface area (Å²) in [6, 6.07) is 24.0. The Hall–Kier alpha value is -3.73. The zero-order valence-electron chi connectivity index (χ0n) is 16.5. The number of hydrogen-bond acceptors (Lipinski definition) is 3. The standard InChI is InChI=1S/C25H22N2O3/c28-17-19-8-10-21(11-9-19)24(29)26-14-18-6-12-22(13-7-18)25(30)27-15-23(16-27)20-4-2-1-3-5-20/h1-13,17,23H,14-16H2,(H,26,29).